The van der Waals surface area contributed by atoms with Gasteiger partial charge in [-0.2, -0.15) is 0 Å². The van der Waals surface area contributed by atoms with Gasteiger partial charge in [-0.15, -0.1) is 0 Å². The van der Waals surface area contributed by atoms with E-state index in [4.69, 9.17) is 9.72 Å². The van der Waals surface area contributed by atoms with Gasteiger partial charge in [-0.25, -0.2) is 4.98 Å². The fraction of sp³-hybridized carbons (Fsp3) is 0.238. The van der Waals surface area contributed by atoms with E-state index in [0.717, 1.165) is 28.9 Å². The van der Waals surface area contributed by atoms with E-state index in [-0.39, 0.29) is 11.3 Å². The molecule has 0 radical (unpaired) electrons. The SMILES string of the molecule is COc1ccc(CN2CCc3c(nc(-c4ccccc4)[nH]c3=O)C2)cc1O. The molecule has 0 spiro atoms. The number of fused-ring (bicyclic) bond motifs is 1. The minimum atomic E-state index is -0.0550. The number of hydrogen-bond acceptors (Lipinski definition) is 5. The van der Waals surface area contributed by atoms with Gasteiger partial charge in [0.25, 0.3) is 5.56 Å². The molecule has 138 valence electrons. The highest BCUT2D eigenvalue weighted by molar-refractivity contribution is 5.54. The van der Waals surface area contributed by atoms with E-state index in [9.17, 15) is 9.90 Å². The molecule has 0 saturated carbocycles. The normalized spacial score (nSPS) is 14.0. The van der Waals surface area contributed by atoms with Crippen LogP contribution < -0.4 is 10.3 Å². The minimum Gasteiger partial charge on any atom is -0.504 e. The maximum absolute atomic E-state index is 12.5. The lowest BCUT2D eigenvalue weighted by Crippen LogP contribution is -2.35. The largest absolute Gasteiger partial charge is 0.504 e. The summed E-state index contributed by atoms with van der Waals surface area (Å²) >= 11 is 0. The molecule has 2 N–H and O–H groups in total. The highest BCUT2D eigenvalue weighted by Gasteiger charge is 2.21. The van der Waals surface area contributed by atoms with E-state index < -0.39 is 0 Å². The third-order valence-corrected chi connectivity index (χ3v) is 4.85. The van der Waals surface area contributed by atoms with Crippen molar-refractivity contribution in [3.05, 3.63) is 75.7 Å². The van der Waals surface area contributed by atoms with Crippen LogP contribution in [0.2, 0.25) is 0 Å². The Morgan fingerprint density at radius 1 is 1.22 bits per heavy atom. The van der Waals surface area contributed by atoms with Gasteiger partial charge in [0.05, 0.1) is 12.8 Å². The van der Waals surface area contributed by atoms with E-state index in [2.05, 4.69) is 9.88 Å². The zero-order valence-corrected chi connectivity index (χ0v) is 15.1. The van der Waals surface area contributed by atoms with E-state index in [1.807, 2.05) is 36.4 Å². The molecular weight excluding hydrogens is 342 g/mol. The summed E-state index contributed by atoms with van der Waals surface area (Å²) in [7, 11) is 1.53. The van der Waals surface area contributed by atoms with E-state index in [1.54, 1.807) is 12.1 Å². The molecule has 2 heterocycles. The number of phenols is 1. The number of rotatable bonds is 4. The molecule has 27 heavy (non-hydrogen) atoms. The number of H-pyrrole nitrogens is 1. The van der Waals surface area contributed by atoms with Gasteiger partial charge in [-0.05, 0) is 24.1 Å². The van der Waals surface area contributed by atoms with Crippen LogP contribution in [0.25, 0.3) is 11.4 Å². The van der Waals surface area contributed by atoms with E-state index in [1.165, 1.54) is 7.11 Å². The Bertz CT molecular complexity index is 1010. The number of ether oxygens (including phenoxy) is 1. The second-order valence-electron chi connectivity index (χ2n) is 6.67. The average Bonchev–Trinajstić information content (AvgIpc) is 2.68. The first kappa shape index (κ1) is 17.3. The molecule has 0 atom stereocenters. The maximum atomic E-state index is 12.5. The number of nitrogens with one attached hydrogen (secondary N) is 1. The molecule has 0 unspecified atom stereocenters. The first-order chi connectivity index (χ1) is 13.1. The van der Waals surface area contributed by atoms with Crippen LogP contribution in [0.4, 0.5) is 0 Å². The summed E-state index contributed by atoms with van der Waals surface area (Å²) in [5.41, 5.74) is 3.42. The Balaban J connectivity index is 1.58. The topological polar surface area (TPSA) is 78.5 Å². The predicted octanol–water partition coefficient (Wildman–Crippen LogP) is 2.71. The van der Waals surface area contributed by atoms with Crippen molar-refractivity contribution < 1.29 is 9.84 Å². The fourth-order valence-corrected chi connectivity index (χ4v) is 3.45. The molecule has 0 aliphatic carbocycles. The Labute approximate surface area is 157 Å². The van der Waals surface area contributed by atoms with Crippen LogP contribution in [0, 0.1) is 0 Å². The Kier molecular flexibility index (Phi) is 4.64. The standard InChI is InChI=1S/C21H21N3O3/c1-27-19-8-7-14(11-18(19)25)12-24-10-9-16-17(13-24)22-20(23-21(16)26)15-5-3-2-4-6-15/h2-8,11,25H,9-10,12-13H2,1H3,(H,22,23,26). The van der Waals surface area contributed by atoms with Crippen LogP contribution in [0.5, 0.6) is 11.5 Å². The summed E-state index contributed by atoms with van der Waals surface area (Å²) in [4.78, 5) is 22.3. The van der Waals surface area contributed by atoms with Crippen molar-refractivity contribution in [2.45, 2.75) is 19.5 Å². The van der Waals surface area contributed by atoms with Crippen molar-refractivity contribution in [1.82, 2.24) is 14.9 Å². The molecule has 1 aromatic heterocycles. The average molecular weight is 363 g/mol. The van der Waals surface area contributed by atoms with E-state index >= 15 is 0 Å². The highest BCUT2D eigenvalue weighted by Crippen LogP contribution is 2.27. The van der Waals surface area contributed by atoms with Gasteiger partial charge in [0.1, 0.15) is 5.82 Å². The number of aromatic nitrogens is 2. The van der Waals surface area contributed by atoms with Crippen LogP contribution in [-0.4, -0.2) is 33.6 Å². The monoisotopic (exact) mass is 363 g/mol. The number of phenolic OH excluding ortho intramolecular Hbond substituents is 1. The Morgan fingerprint density at radius 2 is 2.04 bits per heavy atom. The van der Waals surface area contributed by atoms with Crippen molar-refractivity contribution >= 4 is 0 Å². The van der Waals surface area contributed by atoms with Gasteiger partial charge < -0.3 is 14.8 Å². The van der Waals surface area contributed by atoms with E-state index in [0.29, 0.717) is 31.1 Å². The second kappa shape index (κ2) is 7.25. The molecular formula is C21H21N3O3. The summed E-state index contributed by atoms with van der Waals surface area (Å²) in [6.07, 6.45) is 0.662. The third kappa shape index (κ3) is 3.57. The van der Waals surface area contributed by atoms with Crippen molar-refractivity contribution in [3.63, 3.8) is 0 Å². The molecule has 0 bridgehead atoms. The molecule has 0 saturated heterocycles. The lowest BCUT2D eigenvalue weighted by atomic mass is 10.0. The number of hydrogen-bond donors (Lipinski definition) is 2. The molecule has 1 aliphatic heterocycles. The van der Waals surface area contributed by atoms with Crippen molar-refractivity contribution in [2.24, 2.45) is 0 Å². The lowest BCUT2D eigenvalue weighted by Gasteiger charge is -2.27. The van der Waals surface area contributed by atoms with Gasteiger partial charge >= 0.3 is 0 Å². The lowest BCUT2D eigenvalue weighted by molar-refractivity contribution is 0.240. The fourth-order valence-electron chi connectivity index (χ4n) is 3.45. The molecule has 0 amide bonds. The summed E-state index contributed by atoms with van der Waals surface area (Å²) in [5, 5.41) is 9.98. The Morgan fingerprint density at radius 3 is 2.78 bits per heavy atom. The van der Waals surface area contributed by atoms with Crippen molar-refractivity contribution in [2.75, 3.05) is 13.7 Å². The zero-order chi connectivity index (χ0) is 18.8. The minimum absolute atomic E-state index is 0.0550. The van der Waals surface area contributed by atoms with Crippen molar-refractivity contribution in [3.8, 4) is 22.9 Å². The molecule has 1 aliphatic rings. The third-order valence-electron chi connectivity index (χ3n) is 4.85. The smallest absolute Gasteiger partial charge is 0.254 e. The van der Waals surface area contributed by atoms with Gasteiger partial charge in [0.2, 0.25) is 0 Å². The van der Waals surface area contributed by atoms with Crippen LogP contribution in [0.15, 0.2) is 53.3 Å². The van der Waals surface area contributed by atoms with Crippen LogP contribution in [0.1, 0.15) is 16.8 Å². The number of benzene rings is 2. The van der Waals surface area contributed by atoms with Crippen molar-refractivity contribution in [1.29, 1.82) is 0 Å². The molecule has 4 rings (SSSR count). The van der Waals surface area contributed by atoms with Crippen LogP contribution >= 0.6 is 0 Å². The first-order valence-corrected chi connectivity index (χ1v) is 8.90. The quantitative estimate of drug-likeness (QED) is 0.745. The highest BCUT2D eigenvalue weighted by atomic mass is 16.5. The summed E-state index contributed by atoms with van der Waals surface area (Å²) < 4.78 is 5.09. The zero-order valence-electron chi connectivity index (χ0n) is 15.1. The predicted molar refractivity (Wildman–Crippen MR) is 103 cm³/mol. The van der Waals surface area contributed by atoms with Crippen LogP contribution in [0.3, 0.4) is 0 Å². The number of aromatic hydroxyl groups is 1. The molecule has 2 aromatic carbocycles. The summed E-state index contributed by atoms with van der Waals surface area (Å²) in [5.74, 6) is 1.19. The van der Waals surface area contributed by atoms with Gasteiger partial charge in [0.15, 0.2) is 11.5 Å². The summed E-state index contributed by atoms with van der Waals surface area (Å²) in [6.45, 7) is 2.05. The molecule has 0 fully saturated rings. The number of methoxy groups -OCH3 is 1. The molecule has 3 aromatic rings. The molecule has 6 nitrogen and oxygen atoms in total. The number of nitrogens with zero attached hydrogens (tertiary/aromatic N) is 2. The van der Waals surface area contributed by atoms with Gasteiger partial charge in [-0.1, -0.05) is 36.4 Å². The number of aromatic amines is 1. The van der Waals surface area contributed by atoms with Gasteiger partial charge in [0, 0.05) is 30.8 Å². The Hall–Kier alpha value is -3.12. The molecule has 6 heteroatoms. The second-order valence-corrected chi connectivity index (χ2v) is 6.67. The first-order valence-electron chi connectivity index (χ1n) is 8.90. The van der Waals surface area contributed by atoms with Crippen LogP contribution in [-0.2, 0) is 19.5 Å². The maximum Gasteiger partial charge on any atom is 0.254 e. The summed E-state index contributed by atoms with van der Waals surface area (Å²) in [6, 6.07) is 15.1. The van der Waals surface area contributed by atoms with Gasteiger partial charge in [-0.3, -0.25) is 9.69 Å².